The number of nitrogens with zero attached hydrogens (tertiary/aromatic N) is 2. The number of hydrogen-bond donors (Lipinski definition) is 0. The van der Waals surface area contributed by atoms with Crippen molar-refractivity contribution in [2.45, 2.75) is 0 Å². The summed E-state index contributed by atoms with van der Waals surface area (Å²) in [5.74, 6) is 0.731. The van der Waals surface area contributed by atoms with E-state index in [2.05, 4.69) is 200 Å². The predicted molar refractivity (Wildman–Crippen MR) is 243 cm³/mol. The zero-order valence-corrected chi connectivity index (χ0v) is 31.7. The summed E-state index contributed by atoms with van der Waals surface area (Å²) in [4.78, 5) is 10.7. The maximum absolute atomic E-state index is 5.37. The highest BCUT2D eigenvalue weighted by Crippen LogP contribution is 2.46. The number of rotatable bonds is 6. The van der Waals surface area contributed by atoms with Crippen LogP contribution in [0.3, 0.4) is 0 Å². The Hall–Kier alpha value is -7.20. The minimum atomic E-state index is 0.731. The van der Waals surface area contributed by atoms with Crippen LogP contribution in [-0.2, 0) is 0 Å². The van der Waals surface area contributed by atoms with Gasteiger partial charge in [0.15, 0.2) is 5.82 Å². The Balaban J connectivity index is 1.09. The van der Waals surface area contributed by atoms with E-state index in [9.17, 15) is 0 Å². The summed E-state index contributed by atoms with van der Waals surface area (Å²) in [6, 6.07) is 73.9. The quantitative estimate of drug-likeness (QED) is 0.159. The number of hydrogen-bond acceptors (Lipinski definition) is 3. The van der Waals surface area contributed by atoms with Gasteiger partial charge in [0.1, 0.15) is 0 Å². The summed E-state index contributed by atoms with van der Waals surface area (Å²) in [5.41, 5.74) is 13.5. The van der Waals surface area contributed by atoms with Gasteiger partial charge in [-0.15, -0.1) is 11.3 Å². The van der Waals surface area contributed by atoms with Crippen molar-refractivity contribution in [1.82, 2.24) is 9.97 Å². The molecule has 9 aromatic carbocycles. The molecule has 0 N–H and O–H groups in total. The second-order valence-corrected chi connectivity index (χ2v) is 15.6. The summed E-state index contributed by atoms with van der Waals surface area (Å²) in [7, 11) is 0. The molecule has 11 aromatic rings. The first-order valence-electron chi connectivity index (χ1n) is 19.3. The molecule has 0 aliphatic heterocycles. The molecule has 0 bridgehead atoms. The monoisotopic (exact) mass is 742 g/mol. The largest absolute Gasteiger partial charge is 0.226 e. The van der Waals surface area contributed by atoms with Gasteiger partial charge in [0, 0.05) is 26.6 Å². The van der Waals surface area contributed by atoms with Gasteiger partial charge in [-0.25, -0.2) is 9.97 Å². The van der Waals surface area contributed by atoms with Crippen LogP contribution in [-0.4, -0.2) is 9.97 Å². The van der Waals surface area contributed by atoms with Crippen LogP contribution in [0.2, 0.25) is 0 Å². The van der Waals surface area contributed by atoms with Crippen molar-refractivity contribution in [2.24, 2.45) is 0 Å². The van der Waals surface area contributed by atoms with Gasteiger partial charge < -0.3 is 0 Å². The fourth-order valence-corrected chi connectivity index (χ4v) is 9.60. The van der Waals surface area contributed by atoms with Crippen molar-refractivity contribution in [3.63, 3.8) is 0 Å². The van der Waals surface area contributed by atoms with Gasteiger partial charge in [-0.3, -0.25) is 0 Å². The number of benzene rings is 9. The highest BCUT2D eigenvalue weighted by Gasteiger charge is 2.21. The summed E-state index contributed by atoms with van der Waals surface area (Å²) in [6.45, 7) is 0. The molecule has 0 aliphatic carbocycles. The van der Waals surface area contributed by atoms with Crippen molar-refractivity contribution in [2.75, 3.05) is 0 Å². The predicted octanol–water partition coefficient (Wildman–Crippen LogP) is 15.2. The summed E-state index contributed by atoms with van der Waals surface area (Å²) in [6.07, 6.45) is 0. The van der Waals surface area contributed by atoms with Gasteiger partial charge in [-0.1, -0.05) is 176 Å². The van der Waals surface area contributed by atoms with Gasteiger partial charge in [-0.2, -0.15) is 0 Å². The molecule has 0 spiro atoms. The van der Waals surface area contributed by atoms with Crippen LogP contribution >= 0.6 is 11.3 Å². The molecule has 57 heavy (non-hydrogen) atoms. The molecule has 2 aromatic heterocycles. The SMILES string of the molecule is c1ccc(-c2cc(-c3ccccc3)cc(-c3cccc(-c4cccc(-c5nc(-c6ccccc6)nc6c5sc5c7ccccc7c7ccccc7c65)c4)c3)c2)cc1. The molecule has 11 rings (SSSR count). The molecule has 0 radical (unpaired) electrons. The third-order valence-electron chi connectivity index (χ3n) is 11.0. The van der Waals surface area contributed by atoms with E-state index < -0.39 is 0 Å². The fraction of sp³-hybridized carbons (Fsp3) is 0. The Labute approximate surface area is 335 Å². The Morgan fingerprint density at radius 3 is 1.28 bits per heavy atom. The average molecular weight is 743 g/mol. The maximum atomic E-state index is 5.37. The lowest BCUT2D eigenvalue weighted by molar-refractivity contribution is 1.24. The van der Waals surface area contributed by atoms with E-state index in [0.29, 0.717) is 0 Å². The first kappa shape index (κ1) is 33.2. The third-order valence-corrected chi connectivity index (χ3v) is 12.3. The van der Waals surface area contributed by atoms with Crippen LogP contribution in [0.5, 0.6) is 0 Å². The van der Waals surface area contributed by atoms with Crippen LogP contribution in [0.4, 0.5) is 0 Å². The van der Waals surface area contributed by atoms with E-state index in [4.69, 9.17) is 9.97 Å². The topological polar surface area (TPSA) is 25.8 Å². The third kappa shape index (κ3) is 5.88. The molecule has 0 saturated heterocycles. The van der Waals surface area contributed by atoms with E-state index in [0.717, 1.165) is 44.0 Å². The molecule has 266 valence electrons. The van der Waals surface area contributed by atoms with Gasteiger partial charge in [-0.05, 0) is 91.0 Å². The standard InChI is InChI=1S/C54H34N2S/c1-4-16-35(17-5-1)42-32-43(36-18-6-2-7-19-36)34-44(33-42)40-24-14-22-38(30-40)39-23-15-25-41(31-39)50-53-51(56-54(55-50)37-20-8-3-9-21-37)49-47-28-12-10-26-45(47)46-27-11-13-29-48(46)52(49)57-53/h1-34H. The number of aromatic nitrogens is 2. The maximum Gasteiger partial charge on any atom is 0.160 e. The zero-order valence-electron chi connectivity index (χ0n) is 30.9. The smallest absolute Gasteiger partial charge is 0.160 e. The van der Waals surface area contributed by atoms with Crippen molar-refractivity contribution in [1.29, 1.82) is 0 Å². The van der Waals surface area contributed by atoms with E-state index in [1.807, 2.05) is 6.07 Å². The molecule has 0 aliphatic rings. The Morgan fingerprint density at radius 2 is 0.684 bits per heavy atom. The van der Waals surface area contributed by atoms with Crippen molar-refractivity contribution in [3.8, 4) is 67.2 Å². The van der Waals surface area contributed by atoms with E-state index in [1.165, 1.54) is 65.0 Å². The molecular formula is C54H34N2S. The summed E-state index contributed by atoms with van der Waals surface area (Å²) < 4.78 is 2.35. The van der Waals surface area contributed by atoms with E-state index >= 15 is 0 Å². The molecular weight excluding hydrogens is 709 g/mol. The summed E-state index contributed by atoms with van der Waals surface area (Å²) in [5, 5.41) is 6.17. The van der Waals surface area contributed by atoms with Crippen LogP contribution in [0.15, 0.2) is 206 Å². The first-order chi connectivity index (χ1) is 28.2. The average Bonchev–Trinajstić information content (AvgIpc) is 3.70. The van der Waals surface area contributed by atoms with Crippen molar-refractivity contribution >= 4 is 53.2 Å². The van der Waals surface area contributed by atoms with E-state index in [-0.39, 0.29) is 0 Å². The molecule has 0 unspecified atom stereocenters. The molecule has 3 heteroatoms. The second kappa shape index (κ2) is 13.8. The lowest BCUT2D eigenvalue weighted by atomic mass is 9.92. The van der Waals surface area contributed by atoms with Crippen LogP contribution in [0, 0.1) is 0 Å². The Kier molecular flexibility index (Phi) is 8.04. The van der Waals surface area contributed by atoms with Gasteiger partial charge in [0.05, 0.1) is 15.9 Å². The zero-order chi connectivity index (χ0) is 37.7. The number of thiophene rings is 1. The lowest BCUT2D eigenvalue weighted by Crippen LogP contribution is -1.94. The van der Waals surface area contributed by atoms with Crippen molar-refractivity contribution < 1.29 is 0 Å². The molecule has 0 saturated carbocycles. The van der Waals surface area contributed by atoms with Crippen molar-refractivity contribution in [3.05, 3.63) is 206 Å². The minimum Gasteiger partial charge on any atom is -0.226 e. The van der Waals surface area contributed by atoms with Crippen LogP contribution in [0.25, 0.3) is 109 Å². The number of fused-ring (bicyclic) bond motifs is 8. The molecule has 2 heterocycles. The normalized spacial score (nSPS) is 11.5. The van der Waals surface area contributed by atoms with Crippen LogP contribution < -0.4 is 0 Å². The minimum absolute atomic E-state index is 0.731. The molecule has 0 fully saturated rings. The molecule has 2 nitrogen and oxygen atoms in total. The highest BCUT2D eigenvalue weighted by molar-refractivity contribution is 7.27. The van der Waals surface area contributed by atoms with Gasteiger partial charge in [0.2, 0.25) is 0 Å². The van der Waals surface area contributed by atoms with Crippen LogP contribution in [0.1, 0.15) is 0 Å². The van der Waals surface area contributed by atoms with Gasteiger partial charge >= 0.3 is 0 Å². The Bertz CT molecular complexity index is 3220. The highest BCUT2D eigenvalue weighted by atomic mass is 32.1. The van der Waals surface area contributed by atoms with E-state index in [1.54, 1.807) is 11.3 Å². The summed E-state index contributed by atoms with van der Waals surface area (Å²) >= 11 is 1.81. The Morgan fingerprint density at radius 1 is 0.281 bits per heavy atom. The van der Waals surface area contributed by atoms with Gasteiger partial charge in [0.25, 0.3) is 0 Å². The first-order valence-corrected chi connectivity index (χ1v) is 20.1. The molecule has 0 atom stereocenters. The second-order valence-electron chi connectivity index (χ2n) is 14.5. The molecule has 0 amide bonds. The fourth-order valence-electron chi connectivity index (χ4n) is 8.29. The lowest BCUT2D eigenvalue weighted by Gasteiger charge is -2.13.